The molecule has 0 aromatic heterocycles. The van der Waals surface area contributed by atoms with Crippen molar-refractivity contribution < 1.29 is 8.78 Å². The quantitative estimate of drug-likeness (QED) is 0.234. The van der Waals surface area contributed by atoms with Crippen LogP contribution in [-0.4, -0.2) is 0 Å². The average molecular weight is 453 g/mol. The molecule has 0 N–H and O–H groups in total. The second kappa shape index (κ2) is 11.1. The van der Waals surface area contributed by atoms with E-state index in [0.717, 1.165) is 23.1 Å². The second-order valence-electron chi connectivity index (χ2n) is 8.82. The van der Waals surface area contributed by atoms with Crippen LogP contribution < -0.4 is 0 Å². The number of rotatable bonds is 8. The third-order valence-electron chi connectivity index (χ3n) is 6.35. The number of hydrogen-bond donors (Lipinski definition) is 0. The van der Waals surface area contributed by atoms with Gasteiger partial charge in [-0.3, -0.25) is 0 Å². The van der Waals surface area contributed by atoms with Crippen molar-refractivity contribution in [3.05, 3.63) is 131 Å². The standard InChI is InChI=1S/C32H30F2/c1-3-4-6-11-30-31(33)21-29(22-32(30)34)28-18-16-27(17-19-28)26-14-12-24(13-15-26)20-23(2)25-9-7-5-8-10-25/h3-5,7-10,12-19,21-23H,6,11,20H2,1-2H3/b4-3+/t23-/m1/s1. The molecule has 4 aromatic rings. The van der Waals surface area contributed by atoms with E-state index in [2.05, 4.69) is 55.5 Å². The fourth-order valence-corrected chi connectivity index (χ4v) is 4.34. The highest BCUT2D eigenvalue weighted by molar-refractivity contribution is 5.70. The Balaban J connectivity index is 1.46. The third kappa shape index (κ3) is 5.69. The second-order valence-corrected chi connectivity index (χ2v) is 8.82. The van der Waals surface area contributed by atoms with E-state index in [1.807, 2.05) is 49.4 Å². The zero-order chi connectivity index (χ0) is 23.9. The molecule has 4 rings (SSSR count). The van der Waals surface area contributed by atoms with E-state index in [9.17, 15) is 8.78 Å². The molecular weight excluding hydrogens is 422 g/mol. The highest BCUT2D eigenvalue weighted by Gasteiger charge is 2.12. The Bertz CT molecular complexity index is 1210. The van der Waals surface area contributed by atoms with Crippen molar-refractivity contribution >= 4 is 0 Å². The Hall–Kier alpha value is -3.52. The molecule has 0 radical (unpaired) electrons. The molecule has 1 atom stereocenters. The molecule has 4 aromatic carbocycles. The van der Waals surface area contributed by atoms with Gasteiger partial charge < -0.3 is 0 Å². The van der Waals surface area contributed by atoms with E-state index in [4.69, 9.17) is 0 Å². The number of halogens is 2. The molecule has 34 heavy (non-hydrogen) atoms. The molecule has 0 saturated heterocycles. The summed E-state index contributed by atoms with van der Waals surface area (Å²) in [7, 11) is 0. The van der Waals surface area contributed by atoms with Gasteiger partial charge in [0.2, 0.25) is 0 Å². The minimum atomic E-state index is -0.483. The number of benzene rings is 4. The van der Waals surface area contributed by atoms with Crippen LogP contribution in [0, 0.1) is 11.6 Å². The van der Waals surface area contributed by atoms with Crippen molar-refractivity contribution in [2.24, 2.45) is 0 Å². The van der Waals surface area contributed by atoms with Crippen LogP contribution in [0.3, 0.4) is 0 Å². The summed E-state index contributed by atoms with van der Waals surface area (Å²) < 4.78 is 29.1. The van der Waals surface area contributed by atoms with Crippen LogP contribution in [0.25, 0.3) is 22.3 Å². The molecule has 0 saturated carbocycles. The van der Waals surface area contributed by atoms with Crippen molar-refractivity contribution in [2.45, 2.75) is 39.0 Å². The molecule has 0 aliphatic heterocycles. The van der Waals surface area contributed by atoms with Crippen LogP contribution in [0.2, 0.25) is 0 Å². The Kier molecular flexibility index (Phi) is 7.69. The third-order valence-corrected chi connectivity index (χ3v) is 6.35. The van der Waals surface area contributed by atoms with Gasteiger partial charge in [0.15, 0.2) is 0 Å². The van der Waals surface area contributed by atoms with Crippen LogP contribution in [0.4, 0.5) is 8.78 Å². The van der Waals surface area contributed by atoms with E-state index >= 15 is 0 Å². The van der Waals surface area contributed by atoms with Gasteiger partial charge >= 0.3 is 0 Å². The summed E-state index contributed by atoms with van der Waals surface area (Å²) in [5, 5.41) is 0. The Morgan fingerprint density at radius 2 is 1.24 bits per heavy atom. The van der Waals surface area contributed by atoms with Crippen molar-refractivity contribution in [3.63, 3.8) is 0 Å². The molecule has 0 aliphatic carbocycles. The SMILES string of the molecule is C/C=C/CCc1c(F)cc(-c2ccc(-c3ccc(C[C@@H](C)c4ccccc4)cc3)cc2)cc1F. The number of hydrogen-bond acceptors (Lipinski definition) is 0. The van der Waals surface area contributed by atoms with Crippen LogP contribution >= 0.6 is 0 Å². The van der Waals surface area contributed by atoms with E-state index in [-0.39, 0.29) is 5.56 Å². The van der Waals surface area contributed by atoms with Crippen LogP contribution in [0.15, 0.2) is 103 Å². The fraction of sp³-hybridized carbons (Fsp3) is 0.188. The van der Waals surface area contributed by atoms with E-state index < -0.39 is 11.6 Å². The van der Waals surface area contributed by atoms with Gasteiger partial charge in [0.1, 0.15) is 11.6 Å². The van der Waals surface area contributed by atoms with Gasteiger partial charge in [0.25, 0.3) is 0 Å². The maximum absolute atomic E-state index is 14.5. The number of allylic oxidation sites excluding steroid dienone is 2. The lowest BCUT2D eigenvalue weighted by Gasteiger charge is -2.12. The van der Waals surface area contributed by atoms with Gasteiger partial charge in [-0.15, -0.1) is 0 Å². The molecule has 0 unspecified atom stereocenters. The van der Waals surface area contributed by atoms with Crippen LogP contribution in [-0.2, 0) is 12.8 Å². The first-order valence-corrected chi connectivity index (χ1v) is 11.9. The average Bonchev–Trinajstić information content (AvgIpc) is 2.87. The van der Waals surface area contributed by atoms with Crippen molar-refractivity contribution in [1.29, 1.82) is 0 Å². The largest absolute Gasteiger partial charge is 0.207 e. The van der Waals surface area contributed by atoms with Gasteiger partial charge in [-0.05, 0) is 77.6 Å². The predicted molar refractivity (Wildman–Crippen MR) is 139 cm³/mol. The molecule has 172 valence electrons. The van der Waals surface area contributed by atoms with Crippen LogP contribution in [0.1, 0.15) is 42.9 Å². The normalized spacial score (nSPS) is 12.2. The van der Waals surface area contributed by atoms with Gasteiger partial charge in [0, 0.05) is 5.56 Å². The Morgan fingerprint density at radius 1 is 0.706 bits per heavy atom. The zero-order valence-corrected chi connectivity index (χ0v) is 19.8. The van der Waals surface area contributed by atoms with Gasteiger partial charge in [-0.1, -0.05) is 97.9 Å². The zero-order valence-electron chi connectivity index (χ0n) is 19.8. The van der Waals surface area contributed by atoms with Gasteiger partial charge in [0.05, 0.1) is 0 Å². The van der Waals surface area contributed by atoms with Crippen molar-refractivity contribution in [2.75, 3.05) is 0 Å². The Morgan fingerprint density at radius 3 is 1.79 bits per heavy atom. The molecule has 0 spiro atoms. The lowest BCUT2D eigenvalue weighted by Crippen LogP contribution is -1.98. The highest BCUT2D eigenvalue weighted by Crippen LogP contribution is 2.29. The minimum absolute atomic E-state index is 0.153. The first kappa shape index (κ1) is 23.6. The first-order chi connectivity index (χ1) is 16.5. The molecule has 0 fully saturated rings. The topological polar surface area (TPSA) is 0 Å². The molecule has 0 nitrogen and oxygen atoms in total. The van der Waals surface area contributed by atoms with E-state index in [1.54, 1.807) is 0 Å². The maximum atomic E-state index is 14.5. The maximum Gasteiger partial charge on any atom is 0.129 e. The summed E-state index contributed by atoms with van der Waals surface area (Å²) >= 11 is 0. The molecule has 0 bridgehead atoms. The summed E-state index contributed by atoms with van der Waals surface area (Å²) in [5.74, 6) is -0.505. The smallest absolute Gasteiger partial charge is 0.129 e. The summed E-state index contributed by atoms with van der Waals surface area (Å²) in [4.78, 5) is 0. The lowest BCUT2D eigenvalue weighted by atomic mass is 9.92. The highest BCUT2D eigenvalue weighted by atomic mass is 19.1. The van der Waals surface area contributed by atoms with Crippen molar-refractivity contribution in [3.8, 4) is 22.3 Å². The molecule has 0 aliphatic rings. The first-order valence-electron chi connectivity index (χ1n) is 11.9. The monoisotopic (exact) mass is 452 g/mol. The summed E-state index contributed by atoms with van der Waals surface area (Å²) in [5.41, 5.74) is 6.37. The predicted octanol–water partition coefficient (Wildman–Crippen LogP) is 9.15. The van der Waals surface area contributed by atoms with Crippen LogP contribution in [0.5, 0.6) is 0 Å². The summed E-state index contributed by atoms with van der Waals surface area (Å²) in [6.45, 7) is 4.16. The van der Waals surface area contributed by atoms with Gasteiger partial charge in [-0.25, -0.2) is 8.78 Å². The summed E-state index contributed by atoms with van der Waals surface area (Å²) in [6, 6.07) is 29.9. The summed E-state index contributed by atoms with van der Waals surface area (Å²) in [6.07, 6.45) is 5.79. The Labute approximate surface area is 201 Å². The molecular formula is C32H30F2. The van der Waals surface area contributed by atoms with Crippen molar-refractivity contribution in [1.82, 2.24) is 0 Å². The van der Waals surface area contributed by atoms with E-state index in [1.165, 1.54) is 23.3 Å². The molecule has 0 heterocycles. The lowest BCUT2D eigenvalue weighted by molar-refractivity contribution is 0.556. The van der Waals surface area contributed by atoms with E-state index in [0.29, 0.717) is 24.3 Å². The fourth-order valence-electron chi connectivity index (χ4n) is 4.34. The molecule has 2 heteroatoms. The molecule has 0 amide bonds. The minimum Gasteiger partial charge on any atom is -0.207 e. The van der Waals surface area contributed by atoms with Gasteiger partial charge in [-0.2, -0.15) is 0 Å².